The highest BCUT2D eigenvalue weighted by molar-refractivity contribution is 5.78. The van der Waals surface area contributed by atoms with Crippen LogP contribution in [0.4, 0.5) is 0 Å². The van der Waals surface area contributed by atoms with Gasteiger partial charge >= 0.3 is 0 Å². The molecule has 1 amide bonds. The summed E-state index contributed by atoms with van der Waals surface area (Å²) >= 11 is 0. The second-order valence-corrected chi connectivity index (χ2v) is 7.90. The Kier molecular flexibility index (Phi) is 5.57. The van der Waals surface area contributed by atoms with E-state index >= 15 is 0 Å². The lowest BCUT2D eigenvalue weighted by Gasteiger charge is -2.43. The number of carbonyl (C=O) groups is 1. The predicted molar refractivity (Wildman–Crippen MR) is 99.7 cm³/mol. The van der Waals surface area contributed by atoms with Gasteiger partial charge in [-0.25, -0.2) is 0 Å². The monoisotopic (exact) mass is 358 g/mol. The number of carbonyl (C=O) groups excluding carboxylic acids is 1. The van der Waals surface area contributed by atoms with Gasteiger partial charge in [0, 0.05) is 51.9 Å². The van der Waals surface area contributed by atoms with Gasteiger partial charge in [0.2, 0.25) is 5.91 Å². The molecule has 0 radical (unpaired) electrons. The maximum atomic E-state index is 12.0. The molecule has 1 aromatic rings. The Bertz CT molecular complexity index is 622. The van der Waals surface area contributed by atoms with Gasteiger partial charge in [0.15, 0.2) is 0 Å². The molecule has 1 spiro atoms. The number of hydrogen-bond acceptors (Lipinski definition) is 4. The molecule has 5 nitrogen and oxygen atoms in total. The molecule has 0 saturated carbocycles. The molecular weight excluding hydrogens is 328 g/mol. The van der Waals surface area contributed by atoms with Crippen molar-refractivity contribution in [2.24, 2.45) is 0 Å². The molecule has 0 aromatic heterocycles. The van der Waals surface area contributed by atoms with Crippen LogP contribution in [0.5, 0.6) is 0 Å². The van der Waals surface area contributed by atoms with E-state index in [1.807, 2.05) is 4.90 Å². The first-order valence-electron chi connectivity index (χ1n) is 10.0. The summed E-state index contributed by atoms with van der Waals surface area (Å²) in [6.45, 7) is 4.97. The van der Waals surface area contributed by atoms with Gasteiger partial charge in [-0.15, -0.1) is 0 Å². The zero-order valence-electron chi connectivity index (χ0n) is 15.5. The van der Waals surface area contributed by atoms with Gasteiger partial charge in [-0.05, 0) is 43.2 Å². The number of likely N-dealkylation sites (tertiary alicyclic amines) is 1. The fraction of sp³-hybridized carbons (Fsp3) is 0.667. The molecule has 142 valence electrons. The minimum atomic E-state index is 0.0235. The molecule has 4 rings (SSSR count). The van der Waals surface area contributed by atoms with Gasteiger partial charge in [-0.1, -0.05) is 24.3 Å². The molecule has 3 fully saturated rings. The van der Waals surface area contributed by atoms with Crippen molar-refractivity contribution < 1.29 is 14.3 Å². The van der Waals surface area contributed by atoms with E-state index in [9.17, 15) is 4.79 Å². The Balaban J connectivity index is 1.36. The number of rotatable bonds is 5. The van der Waals surface area contributed by atoms with Crippen LogP contribution >= 0.6 is 0 Å². The number of ether oxygens (including phenoxy) is 2. The molecule has 0 bridgehead atoms. The van der Waals surface area contributed by atoms with E-state index in [2.05, 4.69) is 29.6 Å². The van der Waals surface area contributed by atoms with Crippen LogP contribution in [0.2, 0.25) is 0 Å². The largest absolute Gasteiger partial charge is 0.381 e. The summed E-state index contributed by atoms with van der Waals surface area (Å²) in [6, 6.07) is 9.00. The lowest BCUT2D eigenvalue weighted by Crippen LogP contribution is -2.49. The van der Waals surface area contributed by atoms with Crippen LogP contribution < -0.4 is 5.32 Å². The van der Waals surface area contributed by atoms with Crippen molar-refractivity contribution in [2.45, 2.75) is 63.3 Å². The number of nitrogens with zero attached hydrogens (tertiary/aromatic N) is 1. The second-order valence-electron chi connectivity index (χ2n) is 7.90. The summed E-state index contributed by atoms with van der Waals surface area (Å²) in [5.41, 5.74) is 2.60. The topological polar surface area (TPSA) is 50.8 Å². The molecule has 1 N–H and O–H groups in total. The highest BCUT2D eigenvalue weighted by atomic mass is 16.5. The Morgan fingerprint density at radius 3 is 2.73 bits per heavy atom. The minimum Gasteiger partial charge on any atom is -0.381 e. The maximum Gasteiger partial charge on any atom is 0.222 e. The zero-order valence-corrected chi connectivity index (χ0v) is 15.5. The van der Waals surface area contributed by atoms with Gasteiger partial charge in [0.05, 0.1) is 5.60 Å². The maximum absolute atomic E-state index is 12.0. The molecule has 3 saturated heterocycles. The highest BCUT2D eigenvalue weighted by Gasteiger charge is 2.38. The highest BCUT2D eigenvalue weighted by Crippen LogP contribution is 2.34. The van der Waals surface area contributed by atoms with E-state index in [1.165, 1.54) is 11.1 Å². The normalized spacial score (nSPS) is 25.8. The predicted octanol–water partition coefficient (Wildman–Crippen LogP) is 2.63. The Labute approximate surface area is 156 Å². The third-order valence-electron chi connectivity index (χ3n) is 6.13. The third-order valence-corrected chi connectivity index (χ3v) is 6.13. The van der Waals surface area contributed by atoms with E-state index in [-0.39, 0.29) is 5.60 Å². The Morgan fingerprint density at radius 1 is 1.15 bits per heavy atom. The van der Waals surface area contributed by atoms with Crippen LogP contribution in [0, 0.1) is 0 Å². The van der Waals surface area contributed by atoms with Gasteiger partial charge in [-0.3, -0.25) is 4.79 Å². The molecule has 3 aliphatic rings. The van der Waals surface area contributed by atoms with Crippen LogP contribution in [0.3, 0.4) is 0 Å². The SMILES string of the molecule is O=C1CCCN1Cc1ccccc1CN[C@@H]1CCOC2(CCOCC2)C1. The van der Waals surface area contributed by atoms with Crippen molar-refractivity contribution in [2.75, 3.05) is 26.4 Å². The van der Waals surface area contributed by atoms with E-state index in [0.29, 0.717) is 18.4 Å². The minimum absolute atomic E-state index is 0.0235. The first kappa shape index (κ1) is 18.0. The number of hydrogen-bond donors (Lipinski definition) is 1. The van der Waals surface area contributed by atoms with E-state index in [4.69, 9.17) is 9.47 Å². The van der Waals surface area contributed by atoms with E-state index in [0.717, 1.165) is 71.6 Å². The summed E-state index contributed by atoms with van der Waals surface area (Å²) in [6.07, 6.45) is 5.86. The smallest absolute Gasteiger partial charge is 0.222 e. The number of benzene rings is 1. The molecule has 1 aromatic carbocycles. The van der Waals surface area contributed by atoms with Gasteiger partial charge < -0.3 is 19.7 Å². The molecular formula is C21H30N2O3. The molecule has 0 aliphatic carbocycles. The fourth-order valence-corrected chi connectivity index (χ4v) is 4.51. The van der Waals surface area contributed by atoms with Crippen LogP contribution in [-0.2, 0) is 27.4 Å². The van der Waals surface area contributed by atoms with Crippen LogP contribution in [-0.4, -0.2) is 48.8 Å². The van der Waals surface area contributed by atoms with Crippen molar-refractivity contribution in [3.63, 3.8) is 0 Å². The summed E-state index contributed by atoms with van der Waals surface area (Å²) in [5, 5.41) is 3.76. The molecule has 3 heterocycles. The fourth-order valence-electron chi connectivity index (χ4n) is 4.51. The molecule has 5 heteroatoms. The van der Waals surface area contributed by atoms with Gasteiger partial charge in [-0.2, -0.15) is 0 Å². The quantitative estimate of drug-likeness (QED) is 0.879. The summed E-state index contributed by atoms with van der Waals surface area (Å²) in [7, 11) is 0. The first-order valence-corrected chi connectivity index (χ1v) is 10.0. The third kappa shape index (κ3) is 4.11. The number of nitrogens with one attached hydrogen (secondary N) is 1. The average molecular weight is 358 g/mol. The Morgan fingerprint density at radius 2 is 1.96 bits per heavy atom. The van der Waals surface area contributed by atoms with Crippen molar-refractivity contribution in [3.8, 4) is 0 Å². The molecule has 26 heavy (non-hydrogen) atoms. The van der Waals surface area contributed by atoms with Crippen molar-refractivity contribution in [1.82, 2.24) is 10.2 Å². The summed E-state index contributed by atoms with van der Waals surface area (Å²) in [5.74, 6) is 0.290. The summed E-state index contributed by atoms with van der Waals surface area (Å²) in [4.78, 5) is 13.9. The van der Waals surface area contributed by atoms with E-state index in [1.54, 1.807) is 0 Å². The lowest BCUT2D eigenvalue weighted by molar-refractivity contribution is -0.140. The second kappa shape index (κ2) is 8.07. The van der Waals surface area contributed by atoms with Crippen molar-refractivity contribution >= 4 is 5.91 Å². The van der Waals surface area contributed by atoms with Crippen LogP contribution in [0.1, 0.15) is 49.7 Å². The Hall–Kier alpha value is -1.43. The number of amides is 1. The average Bonchev–Trinajstić information content (AvgIpc) is 3.06. The summed E-state index contributed by atoms with van der Waals surface area (Å²) < 4.78 is 11.7. The van der Waals surface area contributed by atoms with Crippen molar-refractivity contribution in [3.05, 3.63) is 35.4 Å². The van der Waals surface area contributed by atoms with Gasteiger partial charge in [0.25, 0.3) is 0 Å². The van der Waals surface area contributed by atoms with E-state index < -0.39 is 0 Å². The van der Waals surface area contributed by atoms with Gasteiger partial charge in [0.1, 0.15) is 0 Å². The first-order chi connectivity index (χ1) is 12.7. The lowest BCUT2D eigenvalue weighted by atomic mass is 9.84. The zero-order chi connectivity index (χ0) is 17.8. The van der Waals surface area contributed by atoms with Crippen molar-refractivity contribution in [1.29, 1.82) is 0 Å². The molecule has 1 atom stereocenters. The molecule has 3 aliphatic heterocycles. The van der Waals surface area contributed by atoms with Crippen LogP contribution in [0.25, 0.3) is 0 Å². The van der Waals surface area contributed by atoms with Crippen LogP contribution in [0.15, 0.2) is 24.3 Å². The standard InChI is InChI=1S/C21H30N2O3/c24-20-6-3-10-23(20)16-18-5-2-1-4-17(18)15-22-19-7-11-26-21(14-19)8-12-25-13-9-21/h1-2,4-5,19,22H,3,6-16H2/t19-/m1/s1. The molecule has 0 unspecified atom stereocenters.